The van der Waals surface area contributed by atoms with Crippen LogP contribution in [0, 0.1) is 5.92 Å². The molecular formula is C13H22N4O. The molecule has 18 heavy (non-hydrogen) atoms. The Morgan fingerprint density at radius 2 is 2.17 bits per heavy atom. The number of anilines is 2. The third kappa shape index (κ3) is 3.10. The molecule has 0 bridgehead atoms. The average Bonchev–Trinajstić information content (AvgIpc) is 2.39. The monoisotopic (exact) mass is 250 g/mol. The summed E-state index contributed by atoms with van der Waals surface area (Å²) in [4.78, 5) is 10.8. The standard InChI is InChI=1S/C13H22N4O/c1-3-14-12-8-13(16-9-15-12)17-6-4-11(5-7-17)10(2)18/h8-11,18H,3-7H2,1-2H3,(H,14,15,16). The van der Waals surface area contributed by atoms with Crippen molar-refractivity contribution in [2.75, 3.05) is 29.9 Å². The fraction of sp³-hybridized carbons (Fsp3) is 0.692. The molecule has 1 aliphatic rings. The van der Waals surface area contributed by atoms with Gasteiger partial charge in [-0.25, -0.2) is 9.97 Å². The number of aromatic nitrogens is 2. The highest BCUT2D eigenvalue weighted by Crippen LogP contribution is 2.24. The highest BCUT2D eigenvalue weighted by molar-refractivity contribution is 5.48. The van der Waals surface area contributed by atoms with Crippen molar-refractivity contribution in [1.82, 2.24) is 9.97 Å². The quantitative estimate of drug-likeness (QED) is 0.848. The first-order valence-electron chi connectivity index (χ1n) is 6.69. The van der Waals surface area contributed by atoms with Crippen LogP contribution in [0.3, 0.4) is 0 Å². The number of aliphatic hydroxyl groups is 1. The highest BCUT2D eigenvalue weighted by atomic mass is 16.3. The minimum atomic E-state index is -0.199. The smallest absolute Gasteiger partial charge is 0.134 e. The van der Waals surface area contributed by atoms with Gasteiger partial charge in [0, 0.05) is 25.7 Å². The first-order valence-corrected chi connectivity index (χ1v) is 6.69. The molecule has 0 amide bonds. The molecule has 1 aliphatic heterocycles. The normalized spacial score (nSPS) is 18.7. The fourth-order valence-electron chi connectivity index (χ4n) is 2.41. The predicted molar refractivity (Wildman–Crippen MR) is 72.8 cm³/mol. The van der Waals surface area contributed by atoms with Crippen LogP contribution >= 0.6 is 0 Å². The molecule has 2 rings (SSSR count). The Morgan fingerprint density at radius 3 is 2.78 bits per heavy atom. The van der Waals surface area contributed by atoms with E-state index < -0.39 is 0 Å². The van der Waals surface area contributed by atoms with Crippen LogP contribution in [0.15, 0.2) is 12.4 Å². The van der Waals surface area contributed by atoms with E-state index in [9.17, 15) is 5.11 Å². The minimum absolute atomic E-state index is 0.199. The highest BCUT2D eigenvalue weighted by Gasteiger charge is 2.23. The predicted octanol–water partition coefficient (Wildman–Crippen LogP) is 1.51. The van der Waals surface area contributed by atoms with Gasteiger partial charge in [-0.1, -0.05) is 0 Å². The van der Waals surface area contributed by atoms with Crippen molar-refractivity contribution in [3.8, 4) is 0 Å². The first-order chi connectivity index (χ1) is 8.70. The Morgan fingerprint density at radius 1 is 1.44 bits per heavy atom. The lowest BCUT2D eigenvalue weighted by molar-refractivity contribution is 0.110. The Balaban J connectivity index is 1.98. The van der Waals surface area contributed by atoms with Gasteiger partial charge in [0.05, 0.1) is 6.10 Å². The summed E-state index contributed by atoms with van der Waals surface area (Å²) in [5.41, 5.74) is 0. The second-order valence-electron chi connectivity index (χ2n) is 4.86. The number of rotatable bonds is 4. The van der Waals surface area contributed by atoms with Gasteiger partial charge in [0.2, 0.25) is 0 Å². The van der Waals surface area contributed by atoms with Crippen LogP contribution in [0.5, 0.6) is 0 Å². The molecule has 1 aromatic rings. The van der Waals surface area contributed by atoms with Crippen LogP contribution in [-0.2, 0) is 0 Å². The lowest BCUT2D eigenvalue weighted by atomic mass is 9.92. The maximum Gasteiger partial charge on any atom is 0.134 e. The fourth-order valence-corrected chi connectivity index (χ4v) is 2.41. The van der Waals surface area contributed by atoms with Gasteiger partial charge in [-0.05, 0) is 32.6 Å². The molecule has 100 valence electrons. The van der Waals surface area contributed by atoms with Gasteiger partial charge in [-0.3, -0.25) is 0 Å². The molecule has 1 atom stereocenters. The largest absolute Gasteiger partial charge is 0.393 e. The van der Waals surface area contributed by atoms with E-state index in [0.717, 1.165) is 44.1 Å². The van der Waals surface area contributed by atoms with E-state index >= 15 is 0 Å². The van der Waals surface area contributed by atoms with Crippen LogP contribution < -0.4 is 10.2 Å². The third-order valence-corrected chi connectivity index (χ3v) is 3.56. The number of aliphatic hydroxyl groups excluding tert-OH is 1. The molecule has 0 saturated carbocycles. The van der Waals surface area contributed by atoms with Crippen molar-refractivity contribution in [3.63, 3.8) is 0 Å². The summed E-state index contributed by atoms with van der Waals surface area (Å²) in [6, 6.07) is 1.99. The molecule has 1 aromatic heterocycles. The molecule has 2 heterocycles. The van der Waals surface area contributed by atoms with Gasteiger partial charge in [-0.15, -0.1) is 0 Å². The Kier molecular flexibility index (Phi) is 4.36. The van der Waals surface area contributed by atoms with Crippen molar-refractivity contribution in [2.24, 2.45) is 5.92 Å². The molecule has 1 fully saturated rings. The molecule has 1 saturated heterocycles. The molecule has 5 heteroatoms. The van der Waals surface area contributed by atoms with Gasteiger partial charge in [0.25, 0.3) is 0 Å². The van der Waals surface area contributed by atoms with Gasteiger partial charge in [-0.2, -0.15) is 0 Å². The molecule has 0 aromatic carbocycles. The molecule has 0 aliphatic carbocycles. The van der Waals surface area contributed by atoms with Gasteiger partial charge in [0.15, 0.2) is 0 Å². The average molecular weight is 250 g/mol. The van der Waals surface area contributed by atoms with Crippen molar-refractivity contribution >= 4 is 11.6 Å². The second kappa shape index (κ2) is 6.00. The van der Waals surface area contributed by atoms with E-state index in [4.69, 9.17) is 0 Å². The van der Waals surface area contributed by atoms with E-state index in [1.807, 2.05) is 13.0 Å². The van der Waals surface area contributed by atoms with E-state index in [-0.39, 0.29) is 6.10 Å². The number of nitrogens with zero attached hydrogens (tertiary/aromatic N) is 3. The van der Waals surface area contributed by atoms with Crippen LogP contribution in [0.4, 0.5) is 11.6 Å². The first kappa shape index (κ1) is 13.1. The third-order valence-electron chi connectivity index (χ3n) is 3.56. The van der Waals surface area contributed by atoms with Crippen molar-refractivity contribution < 1.29 is 5.11 Å². The van der Waals surface area contributed by atoms with E-state index in [1.165, 1.54) is 0 Å². The second-order valence-corrected chi connectivity index (χ2v) is 4.86. The maximum absolute atomic E-state index is 9.59. The Bertz CT molecular complexity index is 375. The Labute approximate surface area is 108 Å². The summed E-state index contributed by atoms with van der Waals surface area (Å²) in [6.07, 6.45) is 3.46. The summed E-state index contributed by atoms with van der Waals surface area (Å²) < 4.78 is 0. The lowest BCUT2D eigenvalue weighted by Gasteiger charge is -2.34. The van der Waals surface area contributed by atoms with Crippen molar-refractivity contribution in [2.45, 2.75) is 32.8 Å². The molecule has 1 unspecified atom stereocenters. The zero-order chi connectivity index (χ0) is 13.0. The van der Waals surface area contributed by atoms with Crippen LogP contribution in [0.1, 0.15) is 26.7 Å². The van der Waals surface area contributed by atoms with E-state index in [1.54, 1.807) is 6.33 Å². The van der Waals surface area contributed by atoms with E-state index in [2.05, 4.69) is 27.1 Å². The number of hydrogen-bond donors (Lipinski definition) is 2. The maximum atomic E-state index is 9.59. The number of hydrogen-bond acceptors (Lipinski definition) is 5. The lowest BCUT2D eigenvalue weighted by Crippen LogP contribution is -2.37. The van der Waals surface area contributed by atoms with Gasteiger partial charge >= 0.3 is 0 Å². The summed E-state index contributed by atoms with van der Waals surface area (Å²) in [5.74, 6) is 2.28. The van der Waals surface area contributed by atoms with Gasteiger partial charge in [0.1, 0.15) is 18.0 Å². The summed E-state index contributed by atoms with van der Waals surface area (Å²) >= 11 is 0. The minimum Gasteiger partial charge on any atom is -0.393 e. The molecule has 2 N–H and O–H groups in total. The number of nitrogens with one attached hydrogen (secondary N) is 1. The summed E-state index contributed by atoms with van der Waals surface area (Å²) in [7, 11) is 0. The SMILES string of the molecule is CCNc1cc(N2CCC(C(C)O)CC2)ncn1. The number of piperidine rings is 1. The van der Waals surface area contributed by atoms with Gasteiger partial charge < -0.3 is 15.3 Å². The molecule has 0 radical (unpaired) electrons. The van der Waals surface area contributed by atoms with Crippen molar-refractivity contribution in [1.29, 1.82) is 0 Å². The van der Waals surface area contributed by atoms with Crippen LogP contribution in [0.2, 0.25) is 0 Å². The van der Waals surface area contributed by atoms with Crippen molar-refractivity contribution in [3.05, 3.63) is 12.4 Å². The van der Waals surface area contributed by atoms with E-state index in [0.29, 0.717) is 5.92 Å². The topological polar surface area (TPSA) is 61.3 Å². The van der Waals surface area contributed by atoms with Crippen LogP contribution in [-0.4, -0.2) is 40.8 Å². The zero-order valence-electron chi connectivity index (χ0n) is 11.1. The molecule has 0 spiro atoms. The Hall–Kier alpha value is -1.36. The zero-order valence-corrected chi connectivity index (χ0v) is 11.1. The summed E-state index contributed by atoms with van der Waals surface area (Å²) in [6.45, 7) is 6.71. The molecular weight excluding hydrogens is 228 g/mol. The molecule has 5 nitrogen and oxygen atoms in total. The summed E-state index contributed by atoms with van der Waals surface area (Å²) in [5, 5.41) is 12.8. The van der Waals surface area contributed by atoms with Crippen LogP contribution in [0.25, 0.3) is 0 Å².